The van der Waals surface area contributed by atoms with Crippen LogP contribution in [0.3, 0.4) is 0 Å². The number of alkyl halides is 3. The largest absolute Gasteiger partial charge is 0.471 e. The summed E-state index contributed by atoms with van der Waals surface area (Å²) in [5, 5.41) is 4.36. The van der Waals surface area contributed by atoms with Crippen molar-refractivity contribution in [2.75, 3.05) is 11.9 Å². The fourth-order valence-electron chi connectivity index (χ4n) is 3.09. The second kappa shape index (κ2) is 8.99. The molecule has 31 heavy (non-hydrogen) atoms. The predicted molar refractivity (Wildman–Crippen MR) is 104 cm³/mol. The molecule has 0 aromatic heterocycles. The lowest BCUT2D eigenvalue weighted by molar-refractivity contribution is -0.167. The molecule has 1 aliphatic heterocycles. The van der Waals surface area contributed by atoms with Crippen LogP contribution in [0.4, 0.5) is 18.9 Å². The molecule has 0 bridgehead atoms. The molecule has 0 atom stereocenters. The van der Waals surface area contributed by atoms with E-state index in [1.807, 2.05) is 0 Å². The molecular formula is C21H18F3N3O4. The lowest BCUT2D eigenvalue weighted by Gasteiger charge is -2.13. The molecule has 7 nitrogen and oxygen atoms in total. The van der Waals surface area contributed by atoms with Gasteiger partial charge >= 0.3 is 12.1 Å². The number of benzene rings is 2. The number of carbonyl (C=O) groups excluding carboxylic acids is 4. The zero-order valence-corrected chi connectivity index (χ0v) is 16.2. The minimum atomic E-state index is -5.00. The van der Waals surface area contributed by atoms with Gasteiger partial charge in [-0.2, -0.15) is 13.2 Å². The Labute approximate surface area is 175 Å². The van der Waals surface area contributed by atoms with Crippen LogP contribution in [0.1, 0.15) is 39.1 Å². The van der Waals surface area contributed by atoms with Gasteiger partial charge in [-0.1, -0.05) is 24.3 Å². The van der Waals surface area contributed by atoms with Crippen LogP contribution in [0, 0.1) is 0 Å². The number of halogens is 3. The molecule has 162 valence electrons. The quantitative estimate of drug-likeness (QED) is 0.657. The summed E-state index contributed by atoms with van der Waals surface area (Å²) in [5.41, 5.74) is 1.14. The van der Waals surface area contributed by atoms with Crippen molar-refractivity contribution in [3.05, 3.63) is 65.2 Å². The molecule has 10 heteroatoms. The third-order valence-electron chi connectivity index (χ3n) is 4.60. The molecule has 1 aliphatic rings. The van der Waals surface area contributed by atoms with Gasteiger partial charge in [0.05, 0.1) is 11.1 Å². The summed E-state index contributed by atoms with van der Waals surface area (Å²) in [6, 6.07) is 12.2. The van der Waals surface area contributed by atoms with Crippen molar-refractivity contribution in [3.63, 3.8) is 0 Å². The van der Waals surface area contributed by atoms with Crippen molar-refractivity contribution in [2.24, 2.45) is 0 Å². The van der Waals surface area contributed by atoms with Crippen molar-refractivity contribution >= 4 is 29.3 Å². The Hall–Kier alpha value is -3.69. The maximum atomic E-state index is 12.3. The summed E-state index contributed by atoms with van der Waals surface area (Å²) in [4.78, 5) is 48.7. The zero-order valence-electron chi connectivity index (χ0n) is 16.2. The van der Waals surface area contributed by atoms with Gasteiger partial charge in [0.25, 0.3) is 11.8 Å². The van der Waals surface area contributed by atoms with Gasteiger partial charge in [-0.3, -0.25) is 24.1 Å². The minimum Gasteiger partial charge on any atom is -0.352 e. The van der Waals surface area contributed by atoms with Crippen molar-refractivity contribution < 1.29 is 32.3 Å². The lowest BCUT2D eigenvalue weighted by Crippen LogP contribution is -2.32. The van der Waals surface area contributed by atoms with Crippen LogP contribution < -0.4 is 10.6 Å². The number of hydrogen-bond donors (Lipinski definition) is 2. The van der Waals surface area contributed by atoms with Gasteiger partial charge in [-0.25, -0.2) is 0 Å². The third kappa shape index (κ3) is 5.27. The Bertz CT molecular complexity index is 1000. The molecule has 3 rings (SSSR count). The van der Waals surface area contributed by atoms with Crippen molar-refractivity contribution in [3.8, 4) is 0 Å². The normalized spacial score (nSPS) is 13.2. The molecule has 2 N–H and O–H groups in total. The highest BCUT2D eigenvalue weighted by Gasteiger charge is 2.38. The molecule has 0 saturated heterocycles. The lowest BCUT2D eigenvalue weighted by atomic mass is 10.1. The van der Waals surface area contributed by atoms with Gasteiger partial charge in [-0.05, 0) is 36.2 Å². The monoisotopic (exact) mass is 433 g/mol. The van der Waals surface area contributed by atoms with Crippen LogP contribution in [0.15, 0.2) is 48.5 Å². The number of hydrogen-bond acceptors (Lipinski definition) is 4. The number of amides is 4. The van der Waals surface area contributed by atoms with E-state index in [0.717, 1.165) is 4.90 Å². The molecule has 0 saturated carbocycles. The van der Waals surface area contributed by atoms with Gasteiger partial charge in [0.1, 0.15) is 0 Å². The summed E-state index contributed by atoms with van der Waals surface area (Å²) < 4.78 is 37.0. The molecule has 0 unspecified atom stereocenters. The number of nitrogens with one attached hydrogen (secondary N) is 2. The van der Waals surface area contributed by atoms with Crippen LogP contribution in [-0.4, -0.2) is 41.2 Å². The number of nitrogens with zero attached hydrogens (tertiary/aromatic N) is 1. The highest BCUT2D eigenvalue weighted by Crippen LogP contribution is 2.22. The summed E-state index contributed by atoms with van der Waals surface area (Å²) in [6.07, 6.45) is -4.68. The Morgan fingerprint density at radius 2 is 1.58 bits per heavy atom. The molecule has 1 heterocycles. The highest BCUT2D eigenvalue weighted by molar-refractivity contribution is 6.21. The molecule has 0 radical (unpaired) electrons. The van der Waals surface area contributed by atoms with Gasteiger partial charge in [0.15, 0.2) is 0 Å². The van der Waals surface area contributed by atoms with E-state index in [0.29, 0.717) is 16.7 Å². The van der Waals surface area contributed by atoms with E-state index in [9.17, 15) is 32.3 Å². The summed E-state index contributed by atoms with van der Waals surface area (Å²) in [7, 11) is 0. The molecule has 2 aromatic carbocycles. The fourth-order valence-corrected chi connectivity index (χ4v) is 3.09. The predicted octanol–water partition coefficient (Wildman–Crippen LogP) is 2.88. The van der Waals surface area contributed by atoms with Crippen molar-refractivity contribution in [1.29, 1.82) is 0 Å². The Kier molecular flexibility index (Phi) is 6.38. The second-order valence-corrected chi connectivity index (χ2v) is 6.84. The first-order valence-corrected chi connectivity index (χ1v) is 9.36. The van der Waals surface area contributed by atoms with Gasteiger partial charge < -0.3 is 10.6 Å². The number of anilines is 1. The minimum absolute atomic E-state index is 0.0419. The first-order chi connectivity index (χ1) is 14.7. The molecule has 0 spiro atoms. The summed E-state index contributed by atoms with van der Waals surface area (Å²) in [6.45, 7) is 0.139. The van der Waals surface area contributed by atoms with Crippen molar-refractivity contribution in [1.82, 2.24) is 10.2 Å². The number of imide groups is 1. The van der Waals surface area contributed by atoms with Gasteiger partial charge in [0.2, 0.25) is 5.91 Å². The Balaban J connectivity index is 1.45. The topological polar surface area (TPSA) is 95.6 Å². The molecular weight excluding hydrogens is 415 g/mol. The second-order valence-electron chi connectivity index (χ2n) is 6.84. The maximum absolute atomic E-state index is 12.3. The number of fused-ring (bicyclic) bond motifs is 1. The van der Waals surface area contributed by atoms with Crippen LogP contribution >= 0.6 is 0 Å². The first-order valence-electron chi connectivity index (χ1n) is 9.36. The summed E-state index contributed by atoms with van der Waals surface area (Å²) in [5.74, 6) is -3.21. The van der Waals surface area contributed by atoms with Crippen LogP contribution in [0.2, 0.25) is 0 Å². The van der Waals surface area contributed by atoms with Crippen LogP contribution in [0.25, 0.3) is 0 Å². The Morgan fingerprint density at radius 1 is 0.935 bits per heavy atom. The van der Waals surface area contributed by atoms with Gasteiger partial charge in [-0.15, -0.1) is 0 Å². The number of carbonyl (C=O) groups is 4. The highest BCUT2D eigenvalue weighted by atomic mass is 19.4. The smallest absolute Gasteiger partial charge is 0.352 e. The fraction of sp³-hybridized carbons (Fsp3) is 0.238. The van der Waals surface area contributed by atoms with E-state index in [2.05, 4.69) is 5.32 Å². The van der Waals surface area contributed by atoms with Crippen LogP contribution in [0.5, 0.6) is 0 Å². The van der Waals surface area contributed by atoms with E-state index in [4.69, 9.17) is 0 Å². The zero-order chi connectivity index (χ0) is 22.6. The van der Waals surface area contributed by atoms with Crippen molar-refractivity contribution in [2.45, 2.75) is 25.6 Å². The van der Waals surface area contributed by atoms with E-state index in [1.54, 1.807) is 35.6 Å². The average molecular weight is 433 g/mol. The third-order valence-corrected chi connectivity index (χ3v) is 4.60. The van der Waals surface area contributed by atoms with E-state index in [-0.39, 0.29) is 37.5 Å². The molecule has 0 fully saturated rings. The first kappa shape index (κ1) is 22.0. The number of rotatable bonds is 7. The standard InChI is InChI=1S/C21H18F3N3O4/c22-21(23,24)20(31)26-14-6-3-5-13(11-14)12-25-17(28)9-4-10-27-18(29)15-7-1-2-8-16(15)19(27)30/h1-3,5-8,11H,4,9-10,12H2,(H,25,28)(H,26,31). The van der Waals surface area contributed by atoms with Gasteiger partial charge in [0, 0.05) is 25.2 Å². The SMILES string of the molecule is O=C(CCCN1C(=O)c2ccccc2C1=O)NCc1cccc(NC(=O)C(F)(F)F)c1. The van der Waals surface area contributed by atoms with Crippen LogP contribution in [-0.2, 0) is 16.1 Å². The maximum Gasteiger partial charge on any atom is 0.471 e. The Morgan fingerprint density at radius 3 is 2.19 bits per heavy atom. The molecule has 0 aliphatic carbocycles. The van der Waals surface area contributed by atoms with E-state index in [1.165, 1.54) is 18.2 Å². The molecule has 4 amide bonds. The van der Waals surface area contributed by atoms with E-state index < -0.39 is 23.9 Å². The molecule has 2 aromatic rings. The summed E-state index contributed by atoms with van der Waals surface area (Å²) >= 11 is 0. The average Bonchev–Trinajstić information content (AvgIpc) is 2.97. The van der Waals surface area contributed by atoms with E-state index >= 15 is 0 Å².